The second kappa shape index (κ2) is 15.2. The van der Waals surface area contributed by atoms with Crippen molar-refractivity contribution in [2.45, 2.75) is 45.2 Å². The van der Waals surface area contributed by atoms with Crippen molar-refractivity contribution in [2.75, 3.05) is 87.7 Å². The fourth-order valence-electron chi connectivity index (χ4n) is 6.11. The van der Waals surface area contributed by atoms with E-state index in [1.807, 2.05) is 14.7 Å². The monoisotopic (exact) mass is 645 g/mol. The Bertz CT molecular complexity index is 1390. The SMILES string of the molecule is C/C=C/C(=O)CCCC(=O)N1CCC(CN2CCN(c3nc(-c4cnc(N)cc4C(F)(F)F)nc(N4CCOCC4)n3)CC2)CC1. The number of pyridine rings is 1. The number of morpholine rings is 1. The number of hydrogen-bond acceptors (Lipinski definition) is 11. The highest BCUT2D eigenvalue weighted by atomic mass is 19.4. The van der Waals surface area contributed by atoms with Crippen LogP contribution in [0.5, 0.6) is 0 Å². The van der Waals surface area contributed by atoms with Gasteiger partial charge in [0.2, 0.25) is 17.8 Å². The predicted molar refractivity (Wildman–Crippen MR) is 167 cm³/mol. The van der Waals surface area contributed by atoms with Gasteiger partial charge >= 0.3 is 6.18 Å². The van der Waals surface area contributed by atoms with Crippen LogP contribution in [-0.2, 0) is 20.5 Å². The molecule has 0 radical (unpaired) electrons. The topological polar surface area (TPSA) is 134 Å². The first-order valence-corrected chi connectivity index (χ1v) is 15.9. The lowest BCUT2D eigenvalue weighted by atomic mass is 9.95. The number of carbonyl (C=O) groups excluding carboxylic acids is 2. The number of allylic oxidation sites excluding steroid dienone is 2. The number of hydrogen-bond donors (Lipinski definition) is 1. The van der Waals surface area contributed by atoms with Crippen LogP contribution < -0.4 is 15.5 Å². The molecule has 12 nitrogen and oxygen atoms in total. The molecule has 1 amide bonds. The van der Waals surface area contributed by atoms with Crippen LogP contribution in [-0.4, -0.2) is 114 Å². The van der Waals surface area contributed by atoms with E-state index in [2.05, 4.69) is 19.9 Å². The number of piperazine rings is 1. The van der Waals surface area contributed by atoms with Crippen LogP contribution in [0.1, 0.15) is 44.6 Å². The lowest BCUT2D eigenvalue weighted by molar-refractivity contribution is -0.137. The van der Waals surface area contributed by atoms with Gasteiger partial charge in [-0.25, -0.2) is 4.98 Å². The average Bonchev–Trinajstić information content (AvgIpc) is 3.05. The number of nitrogens with zero attached hydrogens (tertiary/aromatic N) is 8. The molecular weight excluding hydrogens is 603 g/mol. The largest absolute Gasteiger partial charge is 0.417 e. The normalized spacial score (nSPS) is 18.8. The molecule has 0 saturated carbocycles. The van der Waals surface area contributed by atoms with Gasteiger partial charge in [0.15, 0.2) is 11.6 Å². The zero-order valence-electron chi connectivity index (χ0n) is 26.2. The van der Waals surface area contributed by atoms with E-state index in [0.29, 0.717) is 76.5 Å². The summed E-state index contributed by atoms with van der Waals surface area (Å²) in [5.74, 6) is 0.946. The number of nitrogen functional groups attached to an aromatic ring is 1. The van der Waals surface area contributed by atoms with Crippen LogP contribution in [0.2, 0.25) is 0 Å². The van der Waals surface area contributed by atoms with E-state index in [1.165, 1.54) is 0 Å². The van der Waals surface area contributed by atoms with Crippen molar-refractivity contribution in [1.29, 1.82) is 0 Å². The Labute approximate surface area is 266 Å². The van der Waals surface area contributed by atoms with Gasteiger partial charge in [0, 0.05) is 77.9 Å². The van der Waals surface area contributed by atoms with Crippen molar-refractivity contribution < 1.29 is 27.5 Å². The summed E-state index contributed by atoms with van der Waals surface area (Å²) in [4.78, 5) is 50.0. The van der Waals surface area contributed by atoms with Crippen molar-refractivity contribution in [1.82, 2.24) is 29.7 Å². The van der Waals surface area contributed by atoms with Crippen LogP contribution in [0.25, 0.3) is 11.4 Å². The Morgan fingerprint density at radius 2 is 1.61 bits per heavy atom. The van der Waals surface area contributed by atoms with Crippen LogP contribution in [0.3, 0.4) is 0 Å². The highest BCUT2D eigenvalue weighted by Gasteiger charge is 2.36. The summed E-state index contributed by atoms with van der Waals surface area (Å²) < 4.78 is 47.4. The van der Waals surface area contributed by atoms with Gasteiger partial charge in [0.05, 0.1) is 24.3 Å². The second-order valence-electron chi connectivity index (χ2n) is 11.9. The summed E-state index contributed by atoms with van der Waals surface area (Å²) in [7, 11) is 0. The lowest BCUT2D eigenvalue weighted by Gasteiger charge is -2.39. The van der Waals surface area contributed by atoms with Crippen LogP contribution >= 0.6 is 0 Å². The smallest absolute Gasteiger partial charge is 0.384 e. The van der Waals surface area contributed by atoms with Gasteiger partial charge < -0.3 is 25.2 Å². The zero-order chi connectivity index (χ0) is 32.7. The number of alkyl halides is 3. The summed E-state index contributed by atoms with van der Waals surface area (Å²) >= 11 is 0. The van der Waals surface area contributed by atoms with E-state index in [9.17, 15) is 22.8 Å². The minimum Gasteiger partial charge on any atom is -0.384 e. The molecule has 5 heterocycles. The molecule has 3 fully saturated rings. The molecule has 2 aromatic heterocycles. The van der Waals surface area contributed by atoms with Crippen molar-refractivity contribution in [3.63, 3.8) is 0 Å². The molecule has 3 aliphatic rings. The number of halogens is 3. The molecule has 0 bridgehead atoms. The molecule has 2 N–H and O–H groups in total. The minimum atomic E-state index is -4.67. The average molecular weight is 646 g/mol. The van der Waals surface area contributed by atoms with Crippen molar-refractivity contribution in [3.05, 3.63) is 30.0 Å². The van der Waals surface area contributed by atoms with E-state index in [1.54, 1.807) is 19.1 Å². The van der Waals surface area contributed by atoms with Crippen LogP contribution in [0.4, 0.5) is 30.9 Å². The molecule has 0 aromatic carbocycles. The molecule has 46 heavy (non-hydrogen) atoms. The number of nitrogens with two attached hydrogens (primary N) is 1. The number of ketones is 1. The van der Waals surface area contributed by atoms with Gasteiger partial charge in [0.25, 0.3) is 0 Å². The Kier molecular flexibility index (Phi) is 11.0. The molecule has 3 aliphatic heterocycles. The predicted octanol–water partition coefficient (Wildman–Crippen LogP) is 3.05. The van der Waals surface area contributed by atoms with Crippen molar-refractivity contribution in [3.8, 4) is 11.4 Å². The molecule has 250 valence electrons. The Morgan fingerprint density at radius 3 is 2.24 bits per heavy atom. The van der Waals surface area contributed by atoms with E-state index >= 15 is 0 Å². The molecule has 5 rings (SSSR count). The molecule has 0 aliphatic carbocycles. The van der Waals surface area contributed by atoms with Gasteiger partial charge in [-0.15, -0.1) is 0 Å². The van der Waals surface area contributed by atoms with Gasteiger partial charge in [-0.05, 0) is 44.2 Å². The standard InChI is InChI=1S/C31H42F3N9O3/c1-2-4-23(44)5-3-6-27(45)41-9-7-22(8-10-41)21-40-11-13-42(14-12-40)29-37-28(38-30(39-29)43-15-17-46-18-16-43)24-20-36-26(35)19-25(24)31(32,33)34/h2,4,19-20,22H,3,5-18,21H2,1H3,(H2,35,36)/b4-2+. The number of carbonyl (C=O) groups is 2. The van der Waals surface area contributed by atoms with Gasteiger partial charge in [-0.1, -0.05) is 6.08 Å². The highest BCUT2D eigenvalue weighted by molar-refractivity contribution is 5.89. The number of amides is 1. The molecular formula is C31H42F3N9O3. The number of rotatable bonds is 10. The van der Waals surface area contributed by atoms with E-state index < -0.39 is 11.7 Å². The maximum Gasteiger partial charge on any atom is 0.417 e. The van der Waals surface area contributed by atoms with E-state index in [4.69, 9.17) is 15.5 Å². The zero-order valence-corrected chi connectivity index (χ0v) is 26.2. The number of anilines is 3. The first-order valence-electron chi connectivity index (χ1n) is 15.9. The molecule has 2 aromatic rings. The quantitative estimate of drug-likeness (QED) is 0.382. The first kappa shape index (κ1) is 33.5. The summed E-state index contributed by atoms with van der Waals surface area (Å²) in [6.07, 6.45) is 2.90. The molecule has 0 unspecified atom stereocenters. The summed E-state index contributed by atoms with van der Waals surface area (Å²) in [6.45, 7) is 8.88. The van der Waals surface area contributed by atoms with Crippen LogP contribution in [0.15, 0.2) is 24.4 Å². The molecule has 15 heteroatoms. The highest BCUT2D eigenvalue weighted by Crippen LogP contribution is 2.37. The number of ether oxygens (including phenoxy) is 1. The summed E-state index contributed by atoms with van der Waals surface area (Å²) in [5, 5.41) is 0. The number of piperidine rings is 1. The third-order valence-electron chi connectivity index (χ3n) is 8.68. The summed E-state index contributed by atoms with van der Waals surface area (Å²) in [5.41, 5.74) is 4.41. The van der Waals surface area contributed by atoms with Gasteiger partial charge in [-0.3, -0.25) is 14.5 Å². The maximum atomic E-state index is 14.0. The van der Waals surface area contributed by atoms with Gasteiger partial charge in [-0.2, -0.15) is 28.1 Å². The van der Waals surface area contributed by atoms with E-state index in [-0.39, 0.29) is 28.9 Å². The Hall–Kier alpha value is -3.85. The Morgan fingerprint density at radius 1 is 0.957 bits per heavy atom. The first-order chi connectivity index (χ1) is 22.1. The molecule has 0 atom stereocenters. The second-order valence-corrected chi connectivity index (χ2v) is 11.9. The third kappa shape index (κ3) is 8.69. The van der Waals surface area contributed by atoms with Crippen molar-refractivity contribution >= 4 is 29.4 Å². The lowest BCUT2D eigenvalue weighted by Crippen LogP contribution is -2.49. The van der Waals surface area contributed by atoms with E-state index in [0.717, 1.165) is 57.8 Å². The minimum absolute atomic E-state index is 0.0530. The fourth-order valence-corrected chi connectivity index (χ4v) is 6.11. The van der Waals surface area contributed by atoms with Crippen LogP contribution in [0, 0.1) is 5.92 Å². The Balaban J connectivity index is 1.20. The maximum absolute atomic E-state index is 14.0. The summed E-state index contributed by atoms with van der Waals surface area (Å²) in [6, 6.07) is 0.807. The molecule has 3 saturated heterocycles. The third-order valence-corrected chi connectivity index (χ3v) is 8.68. The molecule has 0 spiro atoms. The van der Waals surface area contributed by atoms with Crippen molar-refractivity contribution in [2.24, 2.45) is 5.92 Å². The number of aromatic nitrogens is 4. The van der Waals surface area contributed by atoms with Gasteiger partial charge in [0.1, 0.15) is 5.82 Å². The fraction of sp³-hybridized carbons (Fsp3) is 0.613. The number of likely N-dealkylation sites (tertiary alicyclic amines) is 1.